The number of rotatable bonds is 7. The summed E-state index contributed by atoms with van der Waals surface area (Å²) >= 11 is 0. The number of halogens is 1. The Hall–Kier alpha value is -1.61. The molecule has 7 heteroatoms. The maximum absolute atomic E-state index is 5.60. The fourth-order valence-electron chi connectivity index (χ4n) is 2.48. The van der Waals surface area contributed by atoms with Crippen molar-refractivity contribution in [1.29, 1.82) is 0 Å². The molecular weight excluding hydrogens is 441 g/mol. The number of nitrogens with one attached hydrogen (secondary N) is 2. The fraction of sp³-hybridized carbons (Fsp3) is 0.474. The lowest BCUT2D eigenvalue weighted by molar-refractivity contribution is 0.402. The van der Waals surface area contributed by atoms with Gasteiger partial charge in [0.15, 0.2) is 5.96 Å². The average Bonchev–Trinajstić information content (AvgIpc) is 2.88. The monoisotopic (exact) mass is 471 g/mol. The summed E-state index contributed by atoms with van der Waals surface area (Å²) in [6.45, 7) is 8.79. The van der Waals surface area contributed by atoms with Gasteiger partial charge in [0.2, 0.25) is 5.89 Å². The molecule has 0 unspecified atom stereocenters. The number of benzene rings is 1. The van der Waals surface area contributed by atoms with Gasteiger partial charge >= 0.3 is 0 Å². The lowest BCUT2D eigenvalue weighted by Gasteiger charge is -2.11. The van der Waals surface area contributed by atoms with Gasteiger partial charge in [-0.2, -0.15) is 0 Å². The molecular formula is C19H30IN5O. The van der Waals surface area contributed by atoms with Gasteiger partial charge in [0.1, 0.15) is 5.76 Å². The maximum Gasteiger partial charge on any atom is 0.214 e. The van der Waals surface area contributed by atoms with Gasteiger partial charge in [-0.1, -0.05) is 24.3 Å². The van der Waals surface area contributed by atoms with Crippen LogP contribution < -0.4 is 10.6 Å². The lowest BCUT2D eigenvalue weighted by Crippen LogP contribution is -2.36. The Balaban J connectivity index is 0.00000338. The Bertz CT molecular complexity index is 692. The molecule has 0 saturated carbocycles. The number of aliphatic imine (C=N–C) groups is 1. The predicted molar refractivity (Wildman–Crippen MR) is 117 cm³/mol. The highest BCUT2D eigenvalue weighted by molar-refractivity contribution is 14.0. The molecule has 0 atom stereocenters. The number of oxazole rings is 1. The van der Waals surface area contributed by atoms with E-state index in [-0.39, 0.29) is 24.0 Å². The van der Waals surface area contributed by atoms with E-state index in [4.69, 9.17) is 4.42 Å². The molecule has 2 rings (SSSR count). The standard InChI is InChI=1S/C19H29N5O.HI/c1-6-20-19(22-12-18-23-14(2)15(3)25-18)21-11-16-8-7-9-17(10-16)13-24(4)5;/h7-10H,6,11-13H2,1-5H3,(H2,20,21,22);1H. The molecule has 0 aliphatic heterocycles. The van der Waals surface area contributed by atoms with Gasteiger partial charge < -0.3 is 20.0 Å². The van der Waals surface area contributed by atoms with Crippen LogP contribution in [-0.4, -0.2) is 36.5 Å². The Morgan fingerprint density at radius 3 is 2.54 bits per heavy atom. The van der Waals surface area contributed by atoms with E-state index in [9.17, 15) is 0 Å². The van der Waals surface area contributed by atoms with Gasteiger partial charge in [-0.15, -0.1) is 24.0 Å². The lowest BCUT2D eigenvalue weighted by atomic mass is 10.1. The van der Waals surface area contributed by atoms with E-state index in [1.807, 2.05) is 20.8 Å². The second-order valence-electron chi connectivity index (χ2n) is 6.36. The van der Waals surface area contributed by atoms with E-state index in [0.717, 1.165) is 30.5 Å². The van der Waals surface area contributed by atoms with Crippen molar-refractivity contribution in [2.75, 3.05) is 20.6 Å². The summed E-state index contributed by atoms with van der Waals surface area (Å²) in [7, 11) is 4.15. The predicted octanol–water partition coefficient (Wildman–Crippen LogP) is 3.23. The first kappa shape index (κ1) is 22.4. The van der Waals surface area contributed by atoms with E-state index in [2.05, 4.69) is 63.9 Å². The smallest absolute Gasteiger partial charge is 0.214 e. The molecule has 2 N–H and O–H groups in total. The van der Waals surface area contributed by atoms with Gasteiger partial charge in [-0.05, 0) is 46.0 Å². The molecule has 1 heterocycles. The van der Waals surface area contributed by atoms with Gasteiger partial charge in [-0.25, -0.2) is 9.98 Å². The first-order chi connectivity index (χ1) is 12.0. The molecule has 26 heavy (non-hydrogen) atoms. The van der Waals surface area contributed by atoms with Crippen LogP contribution in [-0.2, 0) is 19.6 Å². The molecule has 0 aliphatic carbocycles. The van der Waals surface area contributed by atoms with E-state index in [1.54, 1.807) is 0 Å². The van der Waals surface area contributed by atoms with E-state index in [1.165, 1.54) is 11.1 Å². The van der Waals surface area contributed by atoms with Crippen LogP contribution in [0, 0.1) is 13.8 Å². The van der Waals surface area contributed by atoms with E-state index >= 15 is 0 Å². The minimum absolute atomic E-state index is 0. The molecule has 6 nitrogen and oxygen atoms in total. The van der Waals surface area contributed by atoms with Crippen LogP contribution >= 0.6 is 24.0 Å². The average molecular weight is 471 g/mol. The molecule has 0 radical (unpaired) electrons. The molecule has 1 aromatic carbocycles. The van der Waals surface area contributed by atoms with Crippen molar-refractivity contribution >= 4 is 29.9 Å². The zero-order valence-electron chi connectivity index (χ0n) is 16.3. The normalized spacial score (nSPS) is 11.4. The second kappa shape index (κ2) is 11.2. The summed E-state index contributed by atoms with van der Waals surface area (Å²) < 4.78 is 5.60. The Morgan fingerprint density at radius 1 is 1.19 bits per heavy atom. The van der Waals surface area contributed by atoms with Crippen LogP contribution in [0.5, 0.6) is 0 Å². The quantitative estimate of drug-likeness (QED) is 0.369. The van der Waals surface area contributed by atoms with Crippen molar-refractivity contribution in [3.05, 3.63) is 52.7 Å². The second-order valence-corrected chi connectivity index (χ2v) is 6.36. The number of hydrogen-bond acceptors (Lipinski definition) is 4. The molecule has 2 aromatic rings. The molecule has 1 aromatic heterocycles. The SMILES string of the molecule is CCNC(=NCc1cccc(CN(C)C)c1)NCc1nc(C)c(C)o1.I. The summed E-state index contributed by atoms with van der Waals surface area (Å²) in [5.74, 6) is 2.29. The van der Waals surface area contributed by atoms with Crippen molar-refractivity contribution in [1.82, 2.24) is 20.5 Å². The number of nitrogens with zero attached hydrogens (tertiary/aromatic N) is 3. The van der Waals surface area contributed by atoms with Crippen molar-refractivity contribution in [2.45, 2.75) is 40.4 Å². The van der Waals surface area contributed by atoms with Gasteiger partial charge in [0.25, 0.3) is 0 Å². The van der Waals surface area contributed by atoms with Crippen LogP contribution in [0.3, 0.4) is 0 Å². The third-order valence-electron chi connectivity index (χ3n) is 3.73. The van der Waals surface area contributed by atoms with Crippen LogP contribution in [0.4, 0.5) is 0 Å². The molecule has 0 aliphatic rings. The van der Waals surface area contributed by atoms with Crippen LogP contribution in [0.2, 0.25) is 0 Å². The number of hydrogen-bond donors (Lipinski definition) is 2. The third kappa shape index (κ3) is 7.33. The number of aromatic nitrogens is 1. The van der Waals surface area contributed by atoms with Gasteiger partial charge in [-0.3, -0.25) is 0 Å². The van der Waals surface area contributed by atoms with Crippen molar-refractivity contribution in [3.63, 3.8) is 0 Å². The highest BCUT2D eigenvalue weighted by Gasteiger charge is 2.06. The summed E-state index contributed by atoms with van der Waals surface area (Å²) in [5.41, 5.74) is 3.41. The van der Waals surface area contributed by atoms with Gasteiger partial charge in [0, 0.05) is 13.1 Å². The zero-order valence-corrected chi connectivity index (χ0v) is 18.6. The van der Waals surface area contributed by atoms with Crippen molar-refractivity contribution in [2.24, 2.45) is 4.99 Å². The molecule has 0 fully saturated rings. The minimum Gasteiger partial charge on any atom is -0.444 e. The Labute approximate surface area is 173 Å². The fourth-order valence-corrected chi connectivity index (χ4v) is 2.48. The molecule has 0 spiro atoms. The highest BCUT2D eigenvalue weighted by Crippen LogP contribution is 2.09. The molecule has 144 valence electrons. The van der Waals surface area contributed by atoms with E-state index < -0.39 is 0 Å². The largest absolute Gasteiger partial charge is 0.444 e. The first-order valence-corrected chi connectivity index (χ1v) is 8.65. The molecule has 0 bridgehead atoms. The summed E-state index contributed by atoms with van der Waals surface area (Å²) in [5, 5.41) is 6.52. The van der Waals surface area contributed by atoms with E-state index in [0.29, 0.717) is 19.0 Å². The zero-order chi connectivity index (χ0) is 18.2. The van der Waals surface area contributed by atoms with Crippen molar-refractivity contribution in [3.8, 4) is 0 Å². The topological polar surface area (TPSA) is 65.7 Å². The number of aryl methyl sites for hydroxylation is 2. The minimum atomic E-state index is 0. The third-order valence-corrected chi connectivity index (χ3v) is 3.73. The van der Waals surface area contributed by atoms with Crippen LogP contribution in [0.25, 0.3) is 0 Å². The maximum atomic E-state index is 5.60. The highest BCUT2D eigenvalue weighted by atomic mass is 127. The first-order valence-electron chi connectivity index (χ1n) is 8.65. The van der Waals surface area contributed by atoms with Gasteiger partial charge in [0.05, 0.1) is 18.8 Å². The van der Waals surface area contributed by atoms with Crippen LogP contribution in [0.15, 0.2) is 33.7 Å². The van der Waals surface area contributed by atoms with Crippen molar-refractivity contribution < 1.29 is 4.42 Å². The Morgan fingerprint density at radius 2 is 1.92 bits per heavy atom. The summed E-state index contributed by atoms with van der Waals surface area (Å²) in [6, 6.07) is 8.53. The summed E-state index contributed by atoms with van der Waals surface area (Å²) in [4.78, 5) is 11.2. The van der Waals surface area contributed by atoms with Crippen LogP contribution in [0.1, 0.15) is 35.4 Å². The summed E-state index contributed by atoms with van der Waals surface area (Å²) in [6.07, 6.45) is 0. The molecule has 0 amide bonds. The number of guanidine groups is 1. The Kier molecular flexibility index (Phi) is 9.64. The molecule has 0 saturated heterocycles.